The van der Waals surface area contributed by atoms with E-state index < -0.39 is 127 Å². The van der Waals surface area contributed by atoms with Crippen molar-refractivity contribution >= 4 is 77.0 Å². The molecule has 1 aliphatic heterocycles. The summed E-state index contributed by atoms with van der Waals surface area (Å²) in [7, 11) is -16.8. The van der Waals surface area contributed by atoms with Crippen LogP contribution in [0.4, 0.5) is 0 Å². The molecule has 1 heterocycles. The molecular formula is C68H132N8O36P4. The van der Waals surface area contributed by atoms with Gasteiger partial charge in [-0.2, -0.15) is 0 Å². The van der Waals surface area contributed by atoms with Crippen molar-refractivity contribution in [1.82, 2.24) is 40.9 Å². The van der Waals surface area contributed by atoms with Crippen molar-refractivity contribution in [2.75, 3.05) is 340 Å². The third-order valence-corrected chi connectivity index (χ3v) is 23.0. The Bertz CT molecular complexity index is 2430. The minimum atomic E-state index is -4.21. The molecule has 116 heavy (non-hydrogen) atoms. The second-order valence-corrected chi connectivity index (χ2v) is 35.8. The second kappa shape index (κ2) is 72.4. The van der Waals surface area contributed by atoms with Gasteiger partial charge in [0.15, 0.2) is 0 Å². The zero-order valence-corrected chi connectivity index (χ0v) is 70.6. The lowest BCUT2D eigenvalue weighted by Gasteiger charge is -2.36. The number of rotatable bonds is 80. The van der Waals surface area contributed by atoms with Crippen LogP contribution in [-0.2, 0) is 132 Å². The molecule has 4 unspecified atom stereocenters. The summed E-state index contributed by atoms with van der Waals surface area (Å²) in [4.78, 5) is 147. The highest BCUT2D eigenvalue weighted by molar-refractivity contribution is 7.58. The Balaban J connectivity index is 3.20. The van der Waals surface area contributed by atoms with Gasteiger partial charge in [0.05, 0.1) is 262 Å². The molecule has 0 aliphatic carbocycles. The Labute approximate surface area is 678 Å². The van der Waals surface area contributed by atoms with Crippen LogP contribution in [0, 0.1) is 0 Å². The van der Waals surface area contributed by atoms with Crippen LogP contribution >= 0.6 is 29.5 Å². The molecule has 0 aromatic heterocycles. The standard InChI is InChI=1S/C68H132N8O36P4/c77-61(69-9-25-101-33-41-109-49-45-105-37-29-97-21-1-65(81)82)5-53-113(89,90)57-73-13-15-74(58-114(91,92)54-6-62(78)70-10-26-102-34-42-110-50-46-106-38-30-98-22-2-66(83)84)17-19-76(60-116(95,96)56-8-64(80)72-12-28-104-36-44-112-52-48-108-40-32-100-24-4-68(87)88)20-18-75(16-14-73)59-115(93,94)55-7-63(79)71-11-27-103-35-43-111-51-47-107-39-31-99-23-3-67(85)86/h1-60H2,(H,69,77)(H,70,78)(H,71,79)(H,72,80)(H,81,82)(H,83,84)(H,85,86)(H,87,88)(H,89,90)(H,91,92)(H,93,94)(H,95,96). The summed E-state index contributed by atoms with van der Waals surface area (Å²) in [5.74, 6) is -6.00. The van der Waals surface area contributed by atoms with E-state index in [-0.39, 0.29) is 341 Å². The van der Waals surface area contributed by atoms with Crippen molar-refractivity contribution in [2.24, 2.45) is 0 Å². The van der Waals surface area contributed by atoms with Gasteiger partial charge in [-0.1, -0.05) is 0 Å². The number of carboxylic acids is 4. The molecule has 1 fully saturated rings. The molecule has 0 aromatic carbocycles. The zero-order chi connectivity index (χ0) is 85.5. The first-order chi connectivity index (χ1) is 55.6. The number of ether oxygens (including phenoxy) is 16. The van der Waals surface area contributed by atoms with Gasteiger partial charge in [-0.3, -0.25) is 76.2 Å². The Hall–Kier alpha value is -4.28. The summed E-state index contributed by atoms with van der Waals surface area (Å²) in [5.41, 5.74) is 0. The molecule has 1 saturated heterocycles. The lowest BCUT2D eigenvalue weighted by Crippen LogP contribution is -2.46. The number of amides is 4. The van der Waals surface area contributed by atoms with Gasteiger partial charge in [-0.05, 0) is 0 Å². The monoisotopic (exact) mass is 1760 g/mol. The molecule has 12 N–H and O–H groups in total. The van der Waals surface area contributed by atoms with Crippen molar-refractivity contribution in [3.8, 4) is 0 Å². The van der Waals surface area contributed by atoms with Crippen LogP contribution in [0.3, 0.4) is 0 Å². The summed E-state index contributed by atoms with van der Waals surface area (Å²) < 4.78 is 142. The fraction of sp³-hybridized carbons (Fsp3) is 0.882. The molecular weight excluding hydrogens is 1630 g/mol. The van der Waals surface area contributed by atoms with Crippen LogP contribution in [0.2, 0.25) is 0 Å². The number of aliphatic carboxylic acids is 4. The average Bonchev–Trinajstić information content (AvgIpc) is 0.857. The van der Waals surface area contributed by atoms with E-state index in [0.29, 0.717) is 0 Å². The summed E-state index contributed by atoms with van der Waals surface area (Å²) in [6.45, 7) is 6.41. The van der Waals surface area contributed by atoms with E-state index in [9.17, 15) is 76.2 Å². The van der Waals surface area contributed by atoms with Crippen LogP contribution in [0.25, 0.3) is 0 Å². The quantitative estimate of drug-likeness (QED) is 0.0239. The first-order valence-electron chi connectivity index (χ1n) is 38.9. The molecule has 680 valence electrons. The smallest absolute Gasteiger partial charge is 0.305 e. The SMILES string of the molecule is O=C(O)CCOCCOCCOCCOCCNC(=O)CCP(=O)(O)CN1CCN(CP(=O)(O)CCC(=O)NCCOCCOCCOCCOCCC(=O)O)CCN(CP(=O)(O)CCC(=O)NCCOCCOCCOCCOCCC(=O)O)CCN(CP(=O)(O)CCC(=O)NCCOCCOCCOCCOCCC(=O)O)CC1. The Morgan fingerprint density at radius 1 is 0.216 bits per heavy atom. The molecule has 48 heteroatoms. The topological polar surface area (TPSA) is 575 Å². The van der Waals surface area contributed by atoms with E-state index >= 15 is 0 Å². The largest absolute Gasteiger partial charge is 0.481 e. The van der Waals surface area contributed by atoms with E-state index in [0.717, 1.165) is 0 Å². The van der Waals surface area contributed by atoms with E-state index in [2.05, 4.69) is 21.3 Å². The molecule has 0 aromatic rings. The zero-order valence-electron chi connectivity index (χ0n) is 67.0. The highest BCUT2D eigenvalue weighted by atomic mass is 31.2. The fourth-order valence-corrected chi connectivity index (χ4v) is 16.3. The predicted molar refractivity (Wildman–Crippen MR) is 417 cm³/mol. The fourth-order valence-electron chi connectivity index (χ4n) is 9.87. The number of nitrogens with zero attached hydrogens (tertiary/aromatic N) is 4. The number of carbonyl (C=O) groups excluding carboxylic acids is 4. The molecule has 0 radical (unpaired) electrons. The number of hydrogen-bond acceptors (Lipinski definition) is 32. The highest BCUT2D eigenvalue weighted by Crippen LogP contribution is 2.45. The van der Waals surface area contributed by atoms with Crippen LogP contribution in [0.5, 0.6) is 0 Å². The maximum atomic E-state index is 14.1. The van der Waals surface area contributed by atoms with E-state index in [1.807, 2.05) is 0 Å². The normalized spacial score (nSPS) is 15.8. The molecule has 0 spiro atoms. The lowest BCUT2D eigenvalue weighted by atomic mass is 10.4. The van der Waals surface area contributed by atoms with Crippen LogP contribution in [-0.4, -0.2) is 447 Å². The average molecular weight is 1760 g/mol. The molecule has 1 rings (SSSR count). The van der Waals surface area contributed by atoms with Crippen LogP contribution < -0.4 is 21.3 Å². The highest BCUT2D eigenvalue weighted by Gasteiger charge is 2.32. The van der Waals surface area contributed by atoms with Gasteiger partial charge in [-0.25, -0.2) is 0 Å². The van der Waals surface area contributed by atoms with Gasteiger partial charge < -0.3 is 137 Å². The summed E-state index contributed by atoms with van der Waals surface area (Å²) in [5, 5.41) is 45.3. The predicted octanol–water partition coefficient (Wildman–Crippen LogP) is -1.69. The van der Waals surface area contributed by atoms with Gasteiger partial charge in [0.25, 0.3) is 0 Å². The van der Waals surface area contributed by atoms with Crippen molar-refractivity contribution < 1.29 is 172 Å². The summed E-state index contributed by atoms with van der Waals surface area (Å²) in [6.07, 6.45) is -5.63. The number of carboxylic acid groups (broad SMARTS) is 4. The molecule has 44 nitrogen and oxygen atoms in total. The van der Waals surface area contributed by atoms with E-state index in [1.165, 1.54) is 0 Å². The first-order valence-corrected chi connectivity index (χ1v) is 47.0. The molecule has 4 atom stereocenters. The van der Waals surface area contributed by atoms with Crippen LogP contribution in [0.1, 0.15) is 51.4 Å². The van der Waals surface area contributed by atoms with E-state index in [1.54, 1.807) is 19.6 Å². The van der Waals surface area contributed by atoms with Crippen molar-refractivity contribution in [3.63, 3.8) is 0 Å². The van der Waals surface area contributed by atoms with Gasteiger partial charge in [-0.15, -0.1) is 0 Å². The maximum Gasteiger partial charge on any atom is 0.305 e. The first kappa shape index (κ1) is 110. The maximum absolute atomic E-state index is 14.1. The molecule has 1 aliphatic rings. The van der Waals surface area contributed by atoms with Gasteiger partial charge in [0, 0.05) is 129 Å². The third kappa shape index (κ3) is 74.7. The minimum Gasteiger partial charge on any atom is -0.481 e. The number of hydrogen-bond donors (Lipinski definition) is 12. The Morgan fingerprint density at radius 2 is 0.345 bits per heavy atom. The van der Waals surface area contributed by atoms with Gasteiger partial charge >= 0.3 is 23.9 Å². The van der Waals surface area contributed by atoms with Crippen molar-refractivity contribution in [1.29, 1.82) is 0 Å². The van der Waals surface area contributed by atoms with Gasteiger partial charge in [0.1, 0.15) is 0 Å². The Kier molecular flexibility index (Phi) is 68.4. The third-order valence-electron chi connectivity index (χ3n) is 15.9. The molecule has 4 amide bonds. The summed E-state index contributed by atoms with van der Waals surface area (Å²) in [6, 6.07) is 0. The number of carbonyl (C=O) groups is 8. The van der Waals surface area contributed by atoms with Gasteiger partial charge in [0.2, 0.25) is 53.1 Å². The number of nitrogens with one attached hydrogen (secondary N) is 4. The molecule has 0 bridgehead atoms. The Morgan fingerprint density at radius 3 is 0.483 bits per heavy atom. The van der Waals surface area contributed by atoms with Crippen LogP contribution in [0.15, 0.2) is 0 Å². The summed E-state index contributed by atoms with van der Waals surface area (Å²) >= 11 is 0. The van der Waals surface area contributed by atoms with Crippen molar-refractivity contribution in [3.05, 3.63) is 0 Å². The molecule has 0 saturated carbocycles. The lowest BCUT2D eigenvalue weighted by molar-refractivity contribution is -0.139. The van der Waals surface area contributed by atoms with Crippen molar-refractivity contribution in [2.45, 2.75) is 51.4 Å². The minimum absolute atomic E-state index is 0.0475. The second-order valence-electron chi connectivity index (χ2n) is 26.1. The van der Waals surface area contributed by atoms with E-state index in [4.69, 9.17) is 96.2 Å².